The molecule has 136 valence electrons. The van der Waals surface area contributed by atoms with Gasteiger partial charge in [-0.2, -0.15) is 0 Å². The van der Waals surface area contributed by atoms with Crippen LogP contribution in [0.25, 0.3) is 0 Å². The summed E-state index contributed by atoms with van der Waals surface area (Å²) in [7, 11) is 0. The molecule has 1 aliphatic carbocycles. The second kappa shape index (κ2) is 7.29. The van der Waals surface area contributed by atoms with Gasteiger partial charge in [-0.15, -0.1) is 0 Å². The molecule has 2 aromatic carbocycles. The van der Waals surface area contributed by atoms with Crippen LogP contribution in [0.5, 0.6) is 0 Å². The Hall–Kier alpha value is -2.04. The van der Waals surface area contributed by atoms with E-state index in [4.69, 9.17) is 23.2 Å². The first kappa shape index (κ1) is 18.7. The molecule has 6 heteroatoms. The van der Waals surface area contributed by atoms with Crippen LogP contribution in [0.3, 0.4) is 0 Å². The van der Waals surface area contributed by atoms with Crippen molar-refractivity contribution in [3.63, 3.8) is 0 Å². The van der Waals surface area contributed by atoms with Gasteiger partial charge in [0.15, 0.2) is 0 Å². The lowest BCUT2D eigenvalue weighted by atomic mass is 9.99. The molecule has 0 spiro atoms. The van der Waals surface area contributed by atoms with Gasteiger partial charge in [0.05, 0.1) is 10.7 Å². The maximum atomic E-state index is 12.8. The largest absolute Gasteiger partial charge is 0.325 e. The van der Waals surface area contributed by atoms with Gasteiger partial charge in [-0.3, -0.25) is 9.59 Å². The van der Waals surface area contributed by atoms with Crippen LogP contribution in [0.4, 0.5) is 11.4 Å². The van der Waals surface area contributed by atoms with Gasteiger partial charge >= 0.3 is 0 Å². The highest BCUT2D eigenvalue weighted by atomic mass is 35.5. The molecule has 26 heavy (non-hydrogen) atoms. The Bertz CT molecular complexity index is 861. The van der Waals surface area contributed by atoms with Gasteiger partial charge in [0, 0.05) is 10.7 Å². The van der Waals surface area contributed by atoms with Crippen molar-refractivity contribution >= 4 is 46.4 Å². The van der Waals surface area contributed by atoms with Crippen LogP contribution in [-0.2, 0) is 9.59 Å². The highest BCUT2D eigenvalue weighted by Gasteiger charge is 2.56. The van der Waals surface area contributed by atoms with Crippen LogP contribution in [0, 0.1) is 5.41 Å². The summed E-state index contributed by atoms with van der Waals surface area (Å²) >= 11 is 12.0. The first-order chi connectivity index (χ1) is 12.3. The molecule has 0 atom stereocenters. The summed E-state index contributed by atoms with van der Waals surface area (Å²) in [6.45, 7) is 4.13. The SMILES string of the molecule is CC(C)c1ccccc1NC(=O)C1(C(=O)Nc2ccc(Cl)cc2Cl)CC1. The minimum atomic E-state index is -1.05. The Morgan fingerprint density at radius 3 is 2.15 bits per heavy atom. The second-order valence-corrected chi connectivity index (χ2v) is 7.70. The molecule has 1 aliphatic rings. The van der Waals surface area contributed by atoms with Crippen molar-refractivity contribution in [3.05, 3.63) is 58.1 Å². The molecule has 0 heterocycles. The lowest BCUT2D eigenvalue weighted by Crippen LogP contribution is -2.36. The average molecular weight is 391 g/mol. The quantitative estimate of drug-likeness (QED) is 0.664. The van der Waals surface area contributed by atoms with Crippen molar-refractivity contribution < 1.29 is 9.59 Å². The van der Waals surface area contributed by atoms with Crippen LogP contribution >= 0.6 is 23.2 Å². The normalized spacial score (nSPS) is 14.8. The Kier molecular flexibility index (Phi) is 5.26. The van der Waals surface area contributed by atoms with E-state index in [1.165, 1.54) is 0 Å². The third-order valence-electron chi connectivity index (χ3n) is 4.63. The van der Waals surface area contributed by atoms with Crippen molar-refractivity contribution in [2.45, 2.75) is 32.6 Å². The molecule has 0 aromatic heterocycles. The van der Waals surface area contributed by atoms with E-state index in [1.54, 1.807) is 18.2 Å². The zero-order chi connectivity index (χ0) is 18.9. The number of benzene rings is 2. The van der Waals surface area contributed by atoms with Crippen LogP contribution in [0.2, 0.25) is 10.0 Å². The lowest BCUT2D eigenvalue weighted by molar-refractivity contribution is -0.131. The van der Waals surface area contributed by atoms with Crippen molar-refractivity contribution in [1.29, 1.82) is 0 Å². The number of rotatable bonds is 5. The highest BCUT2D eigenvalue weighted by Crippen LogP contribution is 2.48. The molecule has 0 bridgehead atoms. The van der Waals surface area contributed by atoms with E-state index in [2.05, 4.69) is 24.5 Å². The Morgan fingerprint density at radius 2 is 1.58 bits per heavy atom. The Morgan fingerprint density at radius 1 is 0.962 bits per heavy atom. The van der Waals surface area contributed by atoms with Gasteiger partial charge in [-0.1, -0.05) is 55.2 Å². The summed E-state index contributed by atoms with van der Waals surface area (Å²) < 4.78 is 0. The third-order valence-corrected chi connectivity index (χ3v) is 5.18. The molecular formula is C20H20Cl2N2O2. The zero-order valence-electron chi connectivity index (χ0n) is 14.6. The van der Waals surface area contributed by atoms with Crippen molar-refractivity contribution in [2.24, 2.45) is 5.41 Å². The third kappa shape index (κ3) is 3.71. The summed E-state index contributed by atoms with van der Waals surface area (Å²) in [5.74, 6) is -0.363. The minimum absolute atomic E-state index is 0.267. The average Bonchev–Trinajstić information content (AvgIpc) is 3.39. The summed E-state index contributed by atoms with van der Waals surface area (Å²) in [6, 6.07) is 12.5. The van der Waals surface area contributed by atoms with Crippen LogP contribution in [0.1, 0.15) is 38.2 Å². The molecule has 0 saturated heterocycles. The number of carbonyl (C=O) groups is 2. The molecule has 0 radical (unpaired) electrons. The first-order valence-electron chi connectivity index (χ1n) is 8.50. The van der Waals surface area contributed by atoms with Gasteiger partial charge in [0.1, 0.15) is 5.41 Å². The summed E-state index contributed by atoms with van der Waals surface area (Å²) in [4.78, 5) is 25.5. The van der Waals surface area contributed by atoms with Gasteiger partial charge in [0.2, 0.25) is 11.8 Å². The number of para-hydroxylation sites is 1. The van der Waals surface area contributed by atoms with Crippen LogP contribution < -0.4 is 10.6 Å². The molecule has 1 fully saturated rings. The van der Waals surface area contributed by atoms with Gasteiger partial charge in [-0.05, 0) is 48.6 Å². The fourth-order valence-electron chi connectivity index (χ4n) is 2.87. The monoisotopic (exact) mass is 390 g/mol. The summed E-state index contributed by atoms with van der Waals surface area (Å²) in [5.41, 5.74) is 1.18. The molecule has 2 amide bonds. The zero-order valence-corrected chi connectivity index (χ0v) is 16.1. The fraction of sp³-hybridized carbons (Fsp3) is 0.300. The topological polar surface area (TPSA) is 58.2 Å². The van der Waals surface area contributed by atoms with E-state index in [0.717, 1.165) is 11.3 Å². The van der Waals surface area contributed by atoms with E-state index in [-0.39, 0.29) is 17.7 Å². The number of carbonyl (C=O) groups excluding carboxylic acids is 2. The van der Waals surface area contributed by atoms with E-state index in [1.807, 2.05) is 24.3 Å². The van der Waals surface area contributed by atoms with E-state index in [0.29, 0.717) is 28.6 Å². The van der Waals surface area contributed by atoms with Crippen LogP contribution in [0.15, 0.2) is 42.5 Å². The molecule has 1 saturated carbocycles. The predicted octanol–water partition coefficient (Wildman–Crippen LogP) is 5.47. The standard InChI is InChI=1S/C20H20Cl2N2O2/c1-12(2)14-5-3-4-6-16(14)23-18(25)20(9-10-20)19(26)24-17-8-7-13(21)11-15(17)22/h3-8,11-12H,9-10H2,1-2H3,(H,23,25)(H,24,26). The van der Waals surface area contributed by atoms with Crippen molar-refractivity contribution in [2.75, 3.05) is 10.6 Å². The number of amides is 2. The lowest BCUT2D eigenvalue weighted by Gasteiger charge is -2.18. The maximum Gasteiger partial charge on any atom is 0.240 e. The maximum absolute atomic E-state index is 12.8. The molecule has 2 N–H and O–H groups in total. The summed E-state index contributed by atoms with van der Waals surface area (Å²) in [5, 5.41) is 6.51. The van der Waals surface area contributed by atoms with Gasteiger partial charge in [0.25, 0.3) is 0 Å². The second-order valence-electron chi connectivity index (χ2n) is 6.86. The van der Waals surface area contributed by atoms with E-state index in [9.17, 15) is 9.59 Å². The van der Waals surface area contributed by atoms with E-state index >= 15 is 0 Å². The number of hydrogen-bond donors (Lipinski definition) is 2. The Labute approximate surface area is 162 Å². The molecule has 2 aromatic rings. The number of anilines is 2. The number of nitrogens with one attached hydrogen (secondary N) is 2. The minimum Gasteiger partial charge on any atom is -0.325 e. The van der Waals surface area contributed by atoms with Crippen molar-refractivity contribution in [1.82, 2.24) is 0 Å². The molecule has 3 rings (SSSR count). The smallest absolute Gasteiger partial charge is 0.240 e. The predicted molar refractivity (Wildman–Crippen MR) is 106 cm³/mol. The van der Waals surface area contributed by atoms with E-state index < -0.39 is 5.41 Å². The molecule has 4 nitrogen and oxygen atoms in total. The fourth-order valence-corrected chi connectivity index (χ4v) is 3.33. The van der Waals surface area contributed by atoms with Gasteiger partial charge in [-0.25, -0.2) is 0 Å². The summed E-state index contributed by atoms with van der Waals surface area (Å²) in [6.07, 6.45) is 1.03. The highest BCUT2D eigenvalue weighted by molar-refractivity contribution is 6.37. The molecular weight excluding hydrogens is 371 g/mol. The molecule has 0 unspecified atom stereocenters. The van der Waals surface area contributed by atoms with Crippen molar-refractivity contribution in [3.8, 4) is 0 Å². The first-order valence-corrected chi connectivity index (χ1v) is 9.26. The number of hydrogen-bond acceptors (Lipinski definition) is 2. The Balaban J connectivity index is 1.76. The number of halogens is 2. The van der Waals surface area contributed by atoms with Crippen LogP contribution in [-0.4, -0.2) is 11.8 Å². The molecule has 0 aliphatic heterocycles. The van der Waals surface area contributed by atoms with Gasteiger partial charge < -0.3 is 10.6 Å².